The Morgan fingerprint density at radius 2 is 2.56 bits per heavy atom. The van der Waals surface area contributed by atoms with E-state index < -0.39 is 0 Å². The first-order valence-electron chi connectivity index (χ1n) is 5.24. The van der Waals surface area contributed by atoms with Crippen LogP contribution in [0.5, 0.6) is 0 Å². The molecule has 3 N–H and O–H groups in total. The molecule has 1 rings (SSSR count). The van der Waals surface area contributed by atoms with Crippen LogP contribution in [0.25, 0.3) is 0 Å². The topological polar surface area (TPSA) is 67.6 Å². The van der Waals surface area contributed by atoms with Gasteiger partial charge < -0.3 is 11.1 Å². The molecule has 16 heavy (non-hydrogen) atoms. The van der Waals surface area contributed by atoms with E-state index in [-0.39, 0.29) is 18.0 Å². The van der Waals surface area contributed by atoms with E-state index in [1.807, 2.05) is 20.0 Å². The number of likely N-dealkylation sites (N-methyl/N-ethyl adjacent to an activating group) is 1. The van der Waals surface area contributed by atoms with Gasteiger partial charge in [-0.25, -0.2) is 0 Å². The molecule has 0 radical (unpaired) electrons. The fourth-order valence-electron chi connectivity index (χ4n) is 1.69. The summed E-state index contributed by atoms with van der Waals surface area (Å²) in [6, 6.07) is -0.250. The summed E-state index contributed by atoms with van der Waals surface area (Å²) in [5.41, 5.74) is 6.30. The van der Waals surface area contributed by atoms with Crippen LogP contribution in [0.4, 0.5) is 0 Å². The summed E-state index contributed by atoms with van der Waals surface area (Å²) in [7, 11) is 1.86. The Hall–Kier alpha value is -1.17. The van der Waals surface area contributed by atoms with Crippen LogP contribution in [0.3, 0.4) is 0 Å². The summed E-state index contributed by atoms with van der Waals surface area (Å²) >= 11 is 0. The molecule has 1 aliphatic heterocycles. The van der Waals surface area contributed by atoms with Crippen LogP contribution in [0, 0.1) is 0 Å². The normalized spacial score (nSPS) is 25.3. The Morgan fingerprint density at radius 1 is 1.88 bits per heavy atom. The molecule has 0 aromatic rings. The number of rotatable bonds is 5. The number of hydrogen-bond acceptors (Lipinski definition) is 4. The number of hydroxylamine groups is 2. The van der Waals surface area contributed by atoms with Crippen LogP contribution >= 0.6 is 0 Å². The standard InChI is InChI=1S/C11H19N3O2/c1-4-5-16-14(3)10-7-13-9(11(12)15)6-8(10)2/h4,6,9-10,13H,1,5,7H2,2-3H3,(H2,12,15)/t9-,10-/m0/s1. The van der Waals surface area contributed by atoms with Crippen molar-refractivity contribution in [2.24, 2.45) is 5.73 Å². The molecule has 0 saturated heterocycles. The van der Waals surface area contributed by atoms with Gasteiger partial charge in [0.15, 0.2) is 0 Å². The van der Waals surface area contributed by atoms with Gasteiger partial charge in [-0.15, -0.1) is 6.58 Å². The smallest absolute Gasteiger partial charge is 0.238 e. The minimum Gasteiger partial charge on any atom is -0.368 e. The van der Waals surface area contributed by atoms with Crippen molar-refractivity contribution < 1.29 is 9.63 Å². The fraction of sp³-hybridized carbons (Fsp3) is 0.545. The maximum Gasteiger partial charge on any atom is 0.238 e. The average Bonchev–Trinajstić information content (AvgIpc) is 2.25. The molecule has 1 amide bonds. The van der Waals surface area contributed by atoms with E-state index in [1.54, 1.807) is 11.1 Å². The van der Waals surface area contributed by atoms with Crippen LogP contribution in [0.1, 0.15) is 6.92 Å². The van der Waals surface area contributed by atoms with Crippen molar-refractivity contribution in [1.29, 1.82) is 0 Å². The third-order valence-electron chi connectivity index (χ3n) is 2.63. The minimum absolute atomic E-state index is 0.121. The first-order chi connectivity index (χ1) is 7.56. The quantitative estimate of drug-likeness (QED) is 0.502. The third kappa shape index (κ3) is 3.16. The second-order valence-corrected chi connectivity index (χ2v) is 3.85. The van der Waals surface area contributed by atoms with Gasteiger partial charge in [-0.2, -0.15) is 5.06 Å². The van der Waals surface area contributed by atoms with Crippen LogP contribution in [0.15, 0.2) is 24.3 Å². The molecule has 5 nitrogen and oxygen atoms in total. The zero-order valence-electron chi connectivity index (χ0n) is 9.77. The summed E-state index contributed by atoms with van der Waals surface area (Å²) in [4.78, 5) is 16.4. The maximum atomic E-state index is 11.0. The van der Waals surface area contributed by atoms with Crippen molar-refractivity contribution >= 4 is 5.91 Å². The Labute approximate surface area is 95.9 Å². The average molecular weight is 225 g/mol. The van der Waals surface area contributed by atoms with Gasteiger partial charge in [-0.3, -0.25) is 9.63 Å². The lowest BCUT2D eigenvalue weighted by atomic mass is 10.0. The van der Waals surface area contributed by atoms with Gasteiger partial charge in [-0.1, -0.05) is 17.7 Å². The van der Waals surface area contributed by atoms with Crippen molar-refractivity contribution in [3.05, 3.63) is 24.3 Å². The Balaban J connectivity index is 2.61. The van der Waals surface area contributed by atoms with Crippen LogP contribution in [0.2, 0.25) is 0 Å². The highest BCUT2D eigenvalue weighted by atomic mass is 16.7. The molecule has 1 heterocycles. The fourth-order valence-corrected chi connectivity index (χ4v) is 1.69. The van der Waals surface area contributed by atoms with E-state index in [9.17, 15) is 4.79 Å². The van der Waals surface area contributed by atoms with Crippen LogP contribution < -0.4 is 11.1 Å². The molecular formula is C11H19N3O2. The maximum absolute atomic E-state index is 11.0. The lowest BCUT2D eigenvalue weighted by molar-refractivity contribution is -0.149. The Bertz CT molecular complexity index is 302. The van der Waals surface area contributed by atoms with Crippen molar-refractivity contribution in [2.75, 3.05) is 20.2 Å². The molecule has 0 aromatic heterocycles. The minimum atomic E-state index is -0.371. The summed E-state index contributed by atoms with van der Waals surface area (Å²) < 4.78 is 0. The molecular weight excluding hydrogens is 206 g/mol. The predicted octanol–water partition coefficient (Wildman–Crippen LogP) is -0.192. The molecule has 0 aliphatic carbocycles. The predicted molar refractivity (Wildman–Crippen MR) is 62.4 cm³/mol. The Morgan fingerprint density at radius 3 is 3.06 bits per heavy atom. The lowest BCUT2D eigenvalue weighted by Gasteiger charge is -2.32. The number of amides is 1. The first kappa shape index (κ1) is 12.9. The van der Waals surface area contributed by atoms with Gasteiger partial charge >= 0.3 is 0 Å². The van der Waals surface area contributed by atoms with Crippen molar-refractivity contribution in [3.63, 3.8) is 0 Å². The second-order valence-electron chi connectivity index (χ2n) is 3.85. The number of nitrogens with one attached hydrogen (secondary N) is 1. The first-order valence-corrected chi connectivity index (χ1v) is 5.24. The number of hydrogen-bond donors (Lipinski definition) is 2. The molecule has 2 atom stereocenters. The van der Waals surface area contributed by atoms with Gasteiger partial charge in [0.1, 0.15) is 6.04 Å². The summed E-state index contributed by atoms with van der Waals surface area (Å²) in [5, 5.41) is 4.82. The van der Waals surface area contributed by atoms with Gasteiger partial charge in [0, 0.05) is 13.6 Å². The summed E-state index contributed by atoms with van der Waals surface area (Å²) in [5.74, 6) is -0.354. The largest absolute Gasteiger partial charge is 0.368 e. The zero-order chi connectivity index (χ0) is 12.1. The molecule has 1 aliphatic rings. The monoisotopic (exact) mass is 225 g/mol. The molecule has 5 heteroatoms. The molecule has 0 bridgehead atoms. The number of carbonyl (C=O) groups is 1. The van der Waals surface area contributed by atoms with Crippen LogP contribution in [-0.4, -0.2) is 43.3 Å². The van der Waals surface area contributed by atoms with E-state index in [0.29, 0.717) is 13.2 Å². The summed E-state index contributed by atoms with van der Waals surface area (Å²) in [6.07, 6.45) is 3.53. The van der Waals surface area contributed by atoms with E-state index in [0.717, 1.165) is 5.57 Å². The van der Waals surface area contributed by atoms with Gasteiger partial charge in [0.05, 0.1) is 12.6 Å². The van der Waals surface area contributed by atoms with Crippen LogP contribution in [-0.2, 0) is 9.63 Å². The number of primary amides is 1. The molecule has 90 valence electrons. The zero-order valence-corrected chi connectivity index (χ0v) is 9.77. The molecule has 0 spiro atoms. The SMILES string of the molecule is C=CCON(C)[C@H]1CN[C@H](C(N)=O)C=C1C. The van der Waals surface area contributed by atoms with Gasteiger partial charge in [0.2, 0.25) is 5.91 Å². The van der Waals surface area contributed by atoms with E-state index in [4.69, 9.17) is 10.6 Å². The Kier molecular flexibility index (Phi) is 4.67. The van der Waals surface area contributed by atoms with Crippen molar-refractivity contribution in [1.82, 2.24) is 10.4 Å². The third-order valence-corrected chi connectivity index (χ3v) is 2.63. The molecule has 0 aromatic carbocycles. The molecule has 0 unspecified atom stereocenters. The van der Waals surface area contributed by atoms with Crippen molar-refractivity contribution in [2.45, 2.75) is 19.0 Å². The van der Waals surface area contributed by atoms with E-state index in [1.165, 1.54) is 0 Å². The highest BCUT2D eigenvalue weighted by Gasteiger charge is 2.25. The molecule has 0 fully saturated rings. The lowest BCUT2D eigenvalue weighted by Crippen LogP contribution is -2.51. The molecule has 0 saturated carbocycles. The number of carbonyl (C=O) groups excluding carboxylic acids is 1. The highest BCUT2D eigenvalue weighted by molar-refractivity contribution is 5.82. The van der Waals surface area contributed by atoms with Gasteiger partial charge in [0.25, 0.3) is 0 Å². The highest BCUT2D eigenvalue weighted by Crippen LogP contribution is 2.14. The van der Waals surface area contributed by atoms with E-state index >= 15 is 0 Å². The van der Waals surface area contributed by atoms with Gasteiger partial charge in [-0.05, 0) is 6.92 Å². The van der Waals surface area contributed by atoms with Crippen molar-refractivity contribution in [3.8, 4) is 0 Å². The van der Waals surface area contributed by atoms with E-state index in [2.05, 4.69) is 11.9 Å². The number of nitrogens with zero attached hydrogens (tertiary/aromatic N) is 1. The number of nitrogens with two attached hydrogens (primary N) is 1. The summed E-state index contributed by atoms with van der Waals surface area (Å²) in [6.45, 7) is 6.67. The second kappa shape index (κ2) is 5.79.